The summed E-state index contributed by atoms with van der Waals surface area (Å²) in [7, 11) is 0. The van der Waals surface area contributed by atoms with E-state index in [4.69, 9.17) is 0 Å². The summed E-state index contributed by atoms with van der Waals surface area (Å²) >= 11 is 0. The Labute approximate surface area is 131 Å². The van der Waals surface area contributed by atoms with E-state index >= 15 is 0 Å². The summed E-state index contributed by atoms with van der Waals surface area (Å²) < 4.78 is 13.1. The van der Waals surface area contributed by atoms with Crippen LogP contribution in [-0.4, -0.2) is 48.1 Å². The van der Waals surface area contributed by atoms with Crippen molar-refractivity contribution in [1.29, 1.82) is 0 Å². The van der Waals surface area contributed by atoms with Crippen molar-refractivity contribution in [3.05, 3.63) is 35.6 Å². The van der Waals surface area contributed by atoms with Gasteiger partial charge >= 0.3 is 6.03 Å². The molecule has 2 aliphatic rings. The molecule has 1 aromatic rings. The molecule has 0 unspecified atom stereocenters. The maximum absolute atomic E-state index is 13.1. The number of halogens is 1. The molecule has 120 valence electrons. The summed E-state index contributed by atoms with van der Waals surface area (Å²) in [5.74, 6) is -0.267. The van der Waals surface area contributed by atoms with Gasteiger partial charge in [-0.2, -0.15) is 0 Å². The standard InChI is InChI=1S/C17H24FN3O/c18-15-5-3-4-14(12-15)13-19-17(22)21-10-8-20(9-11-21)16-6-1-2-7-16/h3-5,12,16H,1-2,6-11,13H2,(H,19,22). The minimum absolute atomic E-state index is 0.0460. The second kappa shape index (κ2) is 7.09. The van der Waals surface area contributed by atoms with Gasteiger partial charge in [0, 0.05) is 38.8 Å². The van der Waals surface area contributed by atoms with Crippen molar-refractivity contribution in [3.8, 4) is 0 Å². The zero-order valence-corrected chi connectivity index (χ0v) is 12.9. The fourth-order valence-corrected chi connectivity index (χ4v) is 3.50. The number of amides is 2. The van der Waals surface area contributed by atoms with Crippen molar-refractivity contribution in [2.24, 2.45) is 0 Å². The summed E-state index contributed by atoms with van der Waals surface area (Å²) in [6.07, 6.45) is 5.32. The van der Waals surface area contributed by atoms with E-state index < -0.39 is 0 Å². The number of carbonyl (C=O) groups excluding carboxylic acids is 1. The maximum Gasteiger partial charge on any atom is 0.317 e. The van der Waals surface area contributed by atoms with Crippen LogP contribution in [0.5, 0.6) is 0 Å². The molecule has 2 amide bonds. The molecule has 0 bridgehead atoms. The summed E-state index contributed by atoms with van der Waals surface area (Å²) in [5, 5.41) is 2.88. The molecule has 0 atom stereocenters. The molecule has 5 heteroatoms. The van der Waals surface area contributed by atoms with E-state index in [9.17, 15) is 9.18 Å². The van der Waals surface area contributed by atoms with Gasteiger partial charge in [0.15, 0.2) is 0 Å². The summed E-state index contributed by atoms with van der Waals surface area (Å²) in [4.78, 5) is 16.6. The van der Waals surface area contributed by atoms with Crippen LogP contribution in [-0.2, 0) is 6.54 Å². The Bertz CT molecular complexity index is 508. The highest BCUT2D eigenvalue weighted by molar-refractivity contribution is 5.74. The van der Waals surface area contributed by atoms with Crippen LogP contribution < -0.4 is 5.32 Å². The average Bonchev–Trinajstić information content (AvgIpc) is 3.07. The van der Waals surface area contributed by atoms with Gasteiger partial charge in [0.1, 0.15) is 5.82 Å². The lowest BCUT2D eigenvalue weighted by Crippen LogP contribution is -2.53. The average molecular weight is 305 g/mol. The lowest BCUT2D eigenvalue weighted by Gasteiger charge is -2.38. The van der Waals surface area contributed by atoms with Crippen molar-refractivity contribution < 1.29 is 9.18 Å². The van der Waals surface area contributed by atoms with Gasteiger partial charge in [-0.05, 0) is 30.5 Å². The number of nitrogens with one attached hydrogen (secondary N) is 1. The van der Waals surface area contributed by atoms with E-state index in [0.717, 1.165) is 37.8 Å². The van der Waals surface area contributed by atoms with Crippen LogP contribution in [0.2, 0.25) is 0 Å². The minimum atomic E-state index is -0.267. The largest absolute Gasteiger partial charge is 0.334 e. The Balaban J connectivity index is 1.43. The number of urea groups is 1. The van der Waals surface area contributed by atoms with Crippen molar-refractivity contribution in [3.63, 3.8) is 0 Å². The van der Waals surface area contributed by atoms with E-state index in [1.165, 1.54) is 37.8 Å². The van der Waals surface area contributed by atoms with Crippen LogP contribution in [0.3, 0.4) is 0 Å². The number of benzene rings is 1. The van der Waals surface area contributed by atoms with Crippen LogP contribution in [0.15, 0.2) is 24.3 Å². The summed E-state index contributed by atoms with van der Waals surface area (Å²) in [6, 6.07) is 7.04. The Morgan fingerprint density at radius 2 is 1.91 bits per heavy atom. The summed E-state index contributed by atoms with van der Waals surface area (Å²) in [5.41, 5.74) is 0.790. The molecule has 1 heterocycles. The number of nitrogens with zero attached hydrogens (tertiary/aromatic N) is 2. The molecule has 1 aliphatic carbocycles. The van der Waals surface area contributed by atoms with E-state index in [0.29, 0.717) is 6.54 Å². The zero-order valence-electron chi connectivity index (χ0n) is 12.9. The van der Waals surface area contributed by atoms with Crippen LogP contribution >= 0.6 is 0 Å². The second-order valence-electron chi connectivity index (χ2n) is 6.25. The number of rotatable bonds is 3. The van der Waals surface area contributed by atoms with Gasteiger partial charge in [-0.15, -0.1) is 0 Å². The van der Waals surface area contributed by atoms with Gasteiger partial charge in [-0.25, -0.2) is 9.18 Å². The second-order valence-corrected chi connectivity index (χ2v) is 6.25. The highest BCUT2D eigenvalue weighted by Gasteiger charge is 2.27. The first-order valence-corrected chi connectivity index (χ1v) is 8.23. The Morgan fingerprint density at radius 3 is 2.59 bits per heavy atom. The monoisotopic (exact) mass is 305 g/mol. The molecule has 1 saturated carbocycles. The first-order valence-electron chi connectivity index (χ1n) is 8.23. The fourth-order valence-electron chi connectivity index (χ4n) is 3.50. The smallest absolute Gasteiger partial charge is 0.317 e. The molecule has 1 saturated heterocycles. The first-order chi connectivity index (χ1) is 10.7. The van der Waals surface area contributed by atoms with Crippen molar-refractivity contribution in [1.82, 2.24) is 15.1 Å². The van der Waals surface area contributed by atoms with Crippen LogP contribution in [0.25, 0.3) is 0 Å². The number of hydrogen-bond donors (Lipinski definition) is 1. The van der Waals surface area contributed by atoms with E-state index in [1.54, 1.807) is 6.07 Å². The predicted molar refractivity (Wildman–Crippen MR) is 84.0 cm³/mol. The van der Waals surface area contributed by atoms with E-state index in [2.05, 4.69) is 10.2 Å². The Hall–Kier alpha value is -1.62. The molecule has 22 heavy (non-hydrogen) atoms. The van der Waals surface area contributed by atoms with Gasteiger partial charge in [0.05, 0.1) is 0 Å². The molecule has 1 aromatic carbocycles. The molecule has 4 nitrogen and oxygen atoms in total. The quantitative estimate of drug-likeness (QED) is 0.932. The van der Waals surface area contributed by atoms with Gasteiger partial charge in [0.25, 0.3) is 0 Å². The van der Waals surface area contributed by atoms with Gasteiger partial charge in [-0.1, -0.05) is 25.0 Å². The lowest BCUT2D eigenvalue weighted by molar-refractivity contribution is 0.109. The topological polar surface area (TPSA) is 35.6 Å². The molecular weight excluding hydrogens is 281 g/mol. The highest BCUT2D eigenvalue weighted by Crippen LogP contribution is 2.24. The van der Waals surface area contributed by atoms with Crippen molar-refractivity contribution >= 4 is 6.03 Å². The third-order valence-corrected chi connectivity index (χ3v) is 4.78. The Morgan fingerprint density at radius 1 is 1.18 bits per heavy atom. The molecule has 0 radical (unpaired) electrons. The lowest BCUT2D eigenvalue weighted by atomic mass is 10.2. The molecular formula is C17H24FN3O. The fraction of sp³-hybridized carbons (Fsp3) is 0.588. The van der Waals surface area contributed by atoms with Gasteiger partial charge in [-0.3, -0.25) is 4.90 Å². The molecule has 3 rings (SSSR count). The van der Waals surface area contributed by atoms with Crippen molar-refractivity contribution in [2.75, 3.05) is 26.2 Å². The minimum Gasteiger partial charge on any atom is -0.334 e. The van der Waals surface area contributed by atoms with Crippen LogP contribution in [0.1, 0.15) is 31.2 Å². The number of piperazine rings is 1. The van der Waals surface area contributed by atoms with Crippen LogP contribution in [0, 0.1) is 5.82 Å². The predicted octanol–water partition coefficient (Wildman–Crippen LogP) is 2.60. The van der Waals surface area contributed by atoms with Crippen LogP contribution in [0.4, 0.5) is 9.18 Å². The maximum atomic E-state index is 13.1. The Kier molecular flexibility index (Phi) is 4.93. The van der Waals surface area contributed by atoms with E-state index in [1.807, 2.05) is 11.0 Å². The number of carbonyl (C=O) groups is 1. The third-order valence-electron chi connectivity index (χ3n) is 4.78. The molecule has 0 spiro atoms. The zero-order chi connectivity index (χ0) is 15.4. The van der Waals surface area contributed by atoms with Crippen molar-refractivity contribution in [2.45, 2.75) is 38.3 Å². The first kappa shape index (κ1) is 15.3. The molecule has 0 aromatic heterocycles. The normalized spacial score (nSPS) is 20.3. The third kappa shape index (κ3) is 3.77. The SMILES string of the molecule is O=C(NCc1cccc(F)c1)N1CCN(C2CCCC2)CC1. The molecule has 1 N–H and O–H groups in total. The molecule has 2 fully saturated rings. The highest BCUT2D eigenvalue weighted by atomic mass is 19.1. The van der Waals surface area contributed by atoms with Gasteiger partial charge in [0.2, 0.25) is 0 Å². The summed E-state index contributed by atoms with van der Waals surface area (Å²) in [6.45, 7) is 3.88. The van der Waals surface area contributed by atoms with Gasteiger partial charge < -0.3 is 10.2 Å². The van der Waals surface area contributed by atoms with E-state index in [-0.39, 0.29) is 11.8 Å². The molecule has 1 aliphatic heterocycles. The number of hydrogen-bond acceptors (Lipinski definition) is 2.